The van der Waals surface area contributed by atoms with Gasteiger partial charge in [-0.05, 0) is 31.9 Å². The van der Waals surface area contributed by atoms with Crippen LogP contribution in [0.1, 0.15) is 25.8 Å². The van der Waals surface area contributed by atoms with E-state index in [9.17, 15) is 9.59 Å². The Hall–Kier alpha value is -1.91. The molecule has 2 amide bonds. The van der Waals surface area contributed by atoms with Gasteiger partial charge in [0.2, 0.25) is 11.8 Å². The molecule has 0 aromatic carbocycles. The van der Waals surface area contributed by atoms with Crippen LogP contribution in [-0.4, -0.2) is 34.8 Å². The third kappa shape index (κ3) is 3.35. The van der Waals surface area contributed by atoms with Crippen LogP contribution < -0.4 is 5.32 Å². The molecule has 1 aliphatic carbocycles. The van der Waals surface area contributed by atoms with Crippen LogP contribution in [0.25, 0.3) is 0 Å². The van der Waals surface area contributed by atoms with E-state index in [4.69, 9.17) is 0 Å². The van der Waals surface area contributed by atoms with Gasteiger partial charge >= 0.3 is 0 Å². The molecule has 1 fully saturated rings. The number of nitrogens with zero attached hydrogens (tertiary/aromatic N) is 2. The zero-order valence-electron chi connectivity index (χ0n) is 12.0. The van der Waals surface area contributed by atoms with E-state index in [1.165, 1.54) is 0 Å². The van der Waals surface area contributed by atoms with Gasteiger partial charge in [0.05, 0.1) is 11.8 Å². The molecule has 2 rings (SSSR count). The minimum Gasteiger partial charge on any atom is -0.352 e. The molecular formula is C15H21N3O2. The summed E-state index contributed by atoms with van der Waals surface area (Å²) in [5, 5.41) is 2.87. The molecule has 108 valence electrons. The van der Waals surface area contributed by atoms with E-state index in [0.717, 1.165) is 5.56 Å². The average Bonchev–Trinajstić information content (AvgIpc) is 3.27. The Morgan fingerprint density at radius 2 is 2.10 bits per heavy atom. The Kier molecular flexibility index (Phi) is 4.71. The molecule has 0 saturated heterocycles. The summed E-state index contributed by atoms with van der Waals surface area (Å²) in [6.07, 6.45) is 4.10. The van der Waals surface area contributed by atoms with Crippen LogP contribution >= 0.6 is 0 Å². The summed E-state index contributed by atoms with van der Waals surface area (Å²) in [6.45, 7) is 5.80. The van der Waals surface area contributed by atoms with Gasteiger partial charge in [-0.15, -0.1) is 0 Å². The van der Waals surface area contributed by atoms with E-state index in [1.807, 2.05) is 26.0 Å². The van der Waals surface area contributed by atoms with Gasteiger partial charge in [0.25, 0.3) is 0 Å². The number of aromatic nitrogens is 1. The molecule has 1 N–H and O–H groups in total. The third-order valence-electron chi connectivity index (χ3n) is 3.71. The van der Waals surface area contributed by atoms with E-state index >= 15 is 0 Å². The maximum absolute atomic E-state index is 12.1. The second-order valence-corrected chi connectivity index (χ2v) is 5.04. The van der Waals surface area contributed by atoms with Gasteiger partial charge in [0.15, 0.2) is 0 Å². The quantitative estimate of drug-likeness (QED) is 0.848. The normalized spacial score (nSPS) is 20.3. The van der Waals surface area contributed by atoms with Crippen molar-refractivity contribution in [2.24, 2.45) is 11.8 Å². The number of carbonyl (C=O) groups excluding carboxylic acids is 2. The molecule has 0 bridgehead atoms. The second-order valence-electron chi connectivity index (χ2n) is 5.04. The molecule has 0 aliphatic heterocycles. The van der Waals surface area contributed by atoms with Crippen molar-refractivity contribution in [1.82, 2.24) is 15.2 Å². The third-order valence-corrected chi connectivity index (χ3v) is 3.71. The van der Waals surface area contributed by atoms with Crippen LogP contribution in [0.2, 0.25) is 0 Å². The Morgan fingerprint density at radius 1 is 1.35 bits per heavy atom. The van der Waals surface area contributed by atoms with Crippen LogP contribution in [0.5, 0.6) is 0 Å². The minimum atomic E-state index is -0.153. The molecule has 1 heterocycles. The minimum absolute atomic E-state index is 0.0284. The highest BCUT2D eigenvalue weighted by Gasteiger charge is 2.48. The summed E-state index contributed by atoms with van der Waals surface area (Å²) in [5.41, 5.74) is 0.966. The highest BCUT2D eigenvalue weighted by molar-refractivity contribution is 5.92. The topological polar surface area (TPSA) is 62.3 Å². The molecule has 5 heteroatoms. The SMILES string of the molecule is CCN(CC)C(=O)C1CC1C(=O)NCc1cccnc1. The van der Waals surface area contributed by atoms with Crippen molar-refractivity contribution >= 4 is 11.8 Å². The van der Waals surface area contributed by atoms with E-state index in [-0.39, 0.29) is 23.7 Å². The second kappa shape index (κ2) is 6.50. The lowest BCUT2D eigenvalue weighted by atomic mass is 10.2. The first-order valence-corrected chi connectivity index (χ1v) is 7.12. The predicted molar refractivity (Wildman–Crippen MR) is 75.6 cm³/mol. The number of amides is 2. The molecule has 5 nitrogen and oxygen atoms in total. The molecule has 0 radical (unpaired) electrons. The van der Waals surface area contributed by atoms with Crippen molar-refractivity contribution in [3.05, 3.63) is 30.1 Å². The lowest BCUT2D eigenvalue weighted by Crippen LogP contribution is -2.34. The van der Waals surface area contributed by atoms with Gasteiger partial charge in [-0.1, -0.05) is 6.07 Å². The molecule has 1 aliphatic rings. The lowest BCUT2D eigenvalue weighted by molar-refractivity contribution is -0.134. The number of hydrogen-bond acceptors (Lipinski definition) is 3. The van der Waals surface area contributed by atoms with E-state index < -0.39 is 0 Å². The summed E-state index contributed by atoms with van der Waals surface area (Å²) in [7, 11) is 0. The smallest absolute Gasteiger partial charge is 0.226 e. The molecule has 1 aromatic rings. The van der Waals surface area contributed by atoms with E-state index in [2.05, 4.69) is 10.3 Å². The van der Waals surface area contributed by atoms with Gasteiger partial charge < -0.3 is 10.2 Å². The van der Waals surface area contributed by atoms with Gasteiger partial charge in [-0.2, -0.15) is 0 Å². The first-order valence-electron chi connectivity index (χ1n) is 7.12. The van der Waals surface area contributed by atoms with Crippen molar-refractivity contribution in [2.45, 2.75) is 26.8 Å². The van der Waals surface area contributed by atoms with Crippen LogP contribution in [0, 0.1) is 11.8 Å². The number of carbonyl (C=O) groups is 2. The monoisotopic (exact) mass is 275 g/mol. The highest BCUT2D eigenvalue weighted by atomic mass is 16.2. The number of pyridine rings is 1. The van der Waals surface area contributed by atoms with Crippen LogP contribution in [0.4, 0.5) is 0 Å². The zero-order valence-corrected chi connectivity index (χ0v) is 12.0. The summed E-state index contributed by atoms with van der Waals surface area (Å²) in [6, 6.07) is 3.75. The molecule has 20 heavy (non-hydrogen) atoms. The highest BCUT2D eigenvalue weighted by Crippen LogP contribution is 2.40. The Morgan fingerprint density at radius 3 is 2.70 bits per heavy atom. The first-order chi connectivity index (χ1) is 9.67. The molecule has 1 aromatic heterocycles. The van der Waals surface area contributed by atoms with E-state index in [0.29, 0.717) is 26.1 Å². The van der Waals surface area contributed by atoms with Gasteiger partial charge in [0.1, 0.15) is 0 Å². The standard InChI is InChI=1S/C15H21N3O2/c1-3-18(4-2)15(20)13-8-12(13)14(19)17-10-11-6-5-7-16-9-11/h5-7,9,12-13H,3-4,8,10H2,1-2H3,(H,17,19). The Labute approximate surface area is 119 Å². The fourth-order valence-electron chi connectivity index (χ4n) is 2.35. The zero-order chi connectivity index (χ0) is 14.5. The summed E-state index contributed by atoms with van der Waals surface area (Å²) in [5.74, 6) is -0.195. The van der Waals surface area contributed by atoms with Gasteiger partial charge in [0, 0.05) is 32.0 Å². The summed E-state index contributed by atoms with van der Waals surface area (Å²) in [4.78, 5) is 29.9. The largest absolute Gasteiger partial charge is 0.352 e. The van der Waals surface area contributed by atoms with Crippen molar-refractivity contribution in [3.8, 4) is 0 Å². The van der Waals surface area contributed by atoms with Gasteiger partial charge in [-0.25, -0.2) is 0 Å². The maximum atomic E-state index is 12.1. The van der Waals surface area contributed by atoms with Gasteiger partial charge in [-0.3, -0.25) is 14.6 Å². The maximum Gasteiger partial charge on any atom is 0.226 e. The number of rotatable bonds is 6. The van der Waals surface area contributed by atoms with Crippen molar-refractivity contribution < 1.29 is 9.59 Å². The summed E-state index contributed by atoms with van der Waals surface area (Å²) >= 11 is 0. The lowest BCUT2D eigenvalue weighted by Gasteiger charge is -2.18. The molecule has 0 spiro atoms. The molecular weight excluding hydrogens is 254 g/mol. The van der Waals surface area contributed by atoms with Crippen LogP contribution in [0.15, 0.2) is 24.5 Å². The van der Waals surface area contributed by atoms with Crippen LogP contribution in [0.3, 0.4) is 0 Å². The molecule has 2 unspecified atom stereocenters. The number of hydrogen-bond donors (Lipinski definition) is 1. The molecule has 2 atom stereocenters. The summed E-state index contributed by atoms with van der Waals surface area (Å²) < 4.78 is 0. The Balaban J connectivity index is 1.80. The predicted octanol–water partition coefficient (Wildman–Crippen LogP) is 1.20. The van der Waals surface area contributed by atoms with E-state index in [1.54, 1.807) is 17.3 Å². The van der Waals surface area contributed by atoms with Crippen molar-refractivity contribution in [1.29, 1.82) is 0 Å². The van der Waals surface area contributed by atoms with Crippen molar-refractivity contribution in [2.75, 3.05) is 13.1 Å². The van der Waals surface area contributed by atoms with Crippen LogP contribution in [-0.2, 0) is 16.1 Å². The first kappa shape index (κ1) is 14.5. The van der Waals surface area contributed by atoms with Crippen molar-refractivity contribution in [3.63, 3.8) is 0 Å². The average molecular weight is 275 g/mol. The fraction of sp³-hybridized carbons (Fsp3) is 0.533. The Bertz CT molecular complexity index is 471. The number of nitrogens with one attached hydrogen (secondary N) is 1. The molecule has 1 saturated carbocycles. The fourth-order valence-corrected chi connectivity index (χ4v) is 2.35.